The van der Waals surface area contributed by atoms with Crippen molar-refractivity contribution < 1.29 is 14.3 Å². The maximum atomic E-state index is 12.0. The lowest BCUT2D eigenvalue weighted by atomic mass is 10.2. The fourth-order valence-electron chi connectivity index (χ4n) is 2.00. The van der Waals surface area contributed by atoms with Crippen LogP contribution >= 0.6 is 0 Å². The molecule has 0 aliphatic heterocycles. The molecule has 0 saturated heterocycles. The quantitative estimate of drug-likeness (QED) is 0.557. The lowest BCUT2D eigenvalue weighted by Gasteiger charge is -2.08. The number of esters is 1. The molecule has 2 rings (SSSR count). The Morgan fingerprint density at radius 2 is 2.24 bits per heavy atom. The van der Waals surface area contributed by atoms with E-state index in [2.05, 4.69) is 15.3 Å². The molecule has 0 fully saturated rings. The van der Waals surface area contributed by atoms with E-state index in [0.717, 1.165) is 12.1 Å². The molecule has 0 saturated carbocycles. The number of carbonyl (C=O) groups is 1. The fourth-order valence-corrected chi connectivity index (χ4v) is 2.00. The van der Waals surface area contributed by atoms with Crippen LogP contribution in [0, 0.1) is 0 Å². The van der Waals surface area contributed by atoms with Gasteiger partial charge in [0, 0.05) is 27.3 Å². The van der Waals surface area contributed by atoms with Crippen LogP contribution in [0.1, 0.15) is 23.8 Å². The van der Waals surface area contributed by atoms with Crippen LogP contribution in [-0.2, 0) is 23.1 Å². The third-order valence-corrected chi connectivity index (χ3v) is 2.98. The third-order valence-electron chi connectivity index (χ3n) is 2.98. The van der Waals surface area contributed by atoms with E-state index >= 15 is 0 Å². The lowest BCUT2D eigenvalue weighted by molar-refractivity contribution is 0.0520. The van der Waals surface area contributed by atoms with Crippen LogP contribution in [0.15, 0.2) is 12.5 Å². The van der Waals surface area contributed by atoms with E-state index in [4.69, 9.17) is 9.47 Å². The van der Waals surface area contributed by atoms with E-state index in [9.17, 15) is 4.79 Å². The van der Waals surface area contributed by atoms with Crippen molar-refractivity contribution in [2.75, 3.05) is 20.3 Å². The standard InChI is InChI=1S/C13H19N5O3/c1-4-21-13(19)11-12(10-8-14-9-17(10)2)18(16-15-11)6-5-7-20-3/h8-9H,4-7H2,1-3H3. The number of ether oxygens (including phenoxy) is 2. The summed E-state index contributed by atoms with van der Waals surface area (Å²) in [7, 11) is 3.50. The second-order valence-electron chi connectivity index (χ2n) is 4.47. The number of methoxy groups -OCH3 is 1. The minimum atomic E-state index is -0.480. The minimum Gasteiger partial charge on any atom is -0.461 e. The topological polar surface area (TPSA) is 84.1 Å². The molecule has 0 spiro atoms. The molecule has 0 aliphatic rings. The van der Waals surface area contributed by atoms with E-state index in [1.54, 1.807) is 31.2 Å². The number of rotatable bonds is 7. The number of nitrogens with zero attached hydrogens (tertiary/aromatic N) is 5. The minimum absolute atomic E-state index is 0.206. The summed E-state index contributed by atoms with van der Waals surface area (Å²) in [6.07, 6.45) is 4.11. The summed E-state index contributed by atoms with van der Waals surface area (Å²) in [6, 6.07) is 0. The van der Waals surface area contributed by atoms with Crippen LogP contribution in [0.3, 0.4) is 0 Å². The molecule has 0 aromatic carbocycles. The summed E-state index contributed by atoms with van der Waals surface area (Å²) >= 11 is 0. The Morgan fingerprint density at radius 3 is 2.86 bits per heavy atom. The molecule has 2 aromatic heterocycles. The van der Waals surface area contributed by atoms with Crippen LogP contribution < -0.4 is 0 Å². The number of aryl methyl sites for hydroxylation is 2. The van der Waals surface area contributed by atoms with Crippen molar-refractivity contribution in [3.05, 3.63) is 18.2 Å². The first kappa shape index (κ1) is 15.2. The van der Waals surface area contributed by atoms with Gasteiger partial charge in [-0.2, -0.15) is 0 Å². The fraction of sp³-hybridized carbons (Fsp3) is 0.538. The van der Waals surface area contributed by atoms with Gasteiger partial charge in [-0.05, 0) is 13.3 Å². The van der Waals surface area contributed by atoms with Crippen LogP contribution in [0.4, 0.5) is 0 Å². The average molecular weight is 293 g/mol. The molecule has 0 aliphatic carbocycles. The van der Waals surface area contributed by atoms with Crippen molar-refractivity contribution in [2.45, 2.75) is 19.9 Å². The molecular weight excluding hydrogens is 274 g/mol. The van der Waals surface area contributed by atoms with E-state index in [1.807, 2.05) is 11.6 Å². The van der Waals surface area contributed by atoms with Crippen molar-refractivity contribution in [2.24, 2.45) is 7.05 Å². The van der Waals surface area contributed by atoms with E-state index in [1.165, 1.54) is 0 Å². The Morgan fingerprint density at radius 1 is 1.43 bits per heavy atom. The molecule has 114 valence electrons. The van der Waals surface area contributed by atoms with Crippen LogP contribution in [-0.4, -0.2) is 50.8 Å². The van der Waals surface area contributed by atoms with Gasteiger partial charge in [0.2, 0.25) is 0 Å². The molecule has 0 bridgehead atoms. The number of aromatic nitrogens is 5. The molecule has 2 heterocycles. The zero-order valence-corrected chi connectivity index (χ0v) is 12.4. The van der Waals surface area contributed by atoms with Crippen molar-refractivity contribution in [1.29, 1.82) is 0 Å². The lowest BCUT2D eigenvalue weighted by Crippen LogP contribution is -2.10. The molecule has 0 atom stereocenters. The first-order valence-corrected chi connectivity index (χ1v) is 6.75. The maximum absolute atomic E-state index is 12.0. The average Bonchev–Trinajstić information content (AvgIpc) is 3.05. The van der Waals surface area contributed by atoms with E-state index in [0.29, 0.717) is 25.5 Å². The molecule has 21 heavy (non-hydrogen) atoms. The highest BCUT2D eigenvalue weighted by Gasteiger charge is 2.23. The van der Waals surface area contributed by atoms with E-state index < -0.39 is 5.97 Å². The zero-order chi connectivity index (χ0) is 15.2. The van der Waals surface area contributed by atoms with Crippen molar-refractivity contribution >= 4 is 5.97 Å². The Balaban J connectivity index is 2.38. The molecule has 2 aromatic rings. The van der Waals surface area contributed by atoms with Gasteiger partial charge in [-0.15, -0.1) is 5.10 Å². The van der Waals surface area contributed by atoms with Crippen LogP contribution in [0.5, 0.6) is 0 Å². The summed E-state index contributed by atoms with van der Waals surface area (Å²) in [5, 5.41) is 8.02. The molecular formula is C13H19N5O3. The SMILES string of the molecule is CCOC(=O)c1nnn(CCCOC)c1-c1cncn1C. The number of imidazole rings is 1. The van der Waals surface area contributed by atoms with Gasteiger partial charge in [-0.25, -0.2) is 14.5 Å². The van der Waals surface area contributed by atoms with Gasteiger partial charge in [0.15, 0.2) is 5.69 Å². The monoisotopic (exact) mass is 293 g/mol. The number of carbonyl (C=O) groups excluding carboxylic acids is 1. The van der Waals surface area contributed by atoms with Gasteiger partial charge in [0.05, 0.1) is 24.8 Å². The first-order chi connectivity index (χ1) is 10.2. The molecule has 8 heteroatoms. The van der Waals surface area contributed by atoms with Gasteiger partial charge in [-0.1, -0.05) is 5.21 Å². The largest absolute Gasteiger partial charge is 0.461 e. The first-order valence-electron chi connectivity index (χ1n) is 6.75. The zero-order valence-electron chi connectivity index (χ0n) is 12.4. The summed E-state index contributed by atoms with van der Waals surface area (Å²) < 4.78 is 13.6. The second-order valence-corrected chi connectivity index (χ2v) is 4.47. The van der Waals surface area contributed by atoms with Gasteiger partial charge >= 0.3 is 5.97 Å². The Labute approximate surface area is 122 Å². The molecule has 0 unspecified atom stereocenters. The van der Waals surface area contributed by atoms with E-state index in [-0.39, 0.29) is 5.69 Å². The van der Waals surface area contributed by atoms with Gasteiger partial charge in [-0.3, -0.25) is 0 Å². The van der Waals surface area contributed by atoms with Gasteiger partial charge in [0.25, 0.3) is 0 Å². The predicted molar refractivity (Wildman–Crippen MR) is 74.7 cm³/mol. The summed E-state index contributed by atoms with van der Waals surface area (Å²) in [5.41, 5.74) is 1.59. The van der Waals surface area contributed by atoms with Gasteiger partial charge in [0.1, 0.15) is 5.69 Å². The van der Waals surface area contributed by atoms with Crippen molar-refractivity contribution in [3.63, 3.8) is 0 Å². The predicted octanol–water partition coefficient (Wildman–Crippen LogP) is 0.892. The Bertz CT molecular complexity index is 605. The summed E-state index contributed by atoms with van der Waals surface area (Å²) in [5.74, 6) is -0.480. The maximum Gasteiger partial charge on any atom is 0.361 e. The number of hydrogen-bond donors (Lipinski definition) is 0. The molecule has 0 N–H and O–H groups in total. The van der Waals surface area contributed by atoms with Crippen LogP contribution in [0.2, 0.25) is 0 Å². The highest BCUT2D eigenvalue weighted by atomic mass is 16.5. The highest BCUT2D eigenvalue weighted by Crippen LogP contribution is 2.22. The molecule has 0 amide bonds. The smallest absolute Gasteiger partial charge is 0.361 e. The Kier molecular flexibility index (Phi) is 5.04. The Hall–Kier alpha value is -2.22. The van der Waals surface area contributed by atoms with Crippen molar-refractivity contribution in [1.82, 2.24) is 24.5 Å². The van der Waals surface area contributed by atoms with Gasteiger partial charge < -0.3 is 14.0 Å². The second kappa shape index (κ2) is 6.98. The third kappa shape index (κ3) is 3.27. The normalized spacial score (nSPS) is 10.8. The number of hydrogen-bond acceptors (Lipinski definition) is 6. The summed E-state index contributed by atoms with van der Waals surface area (Å²) in [4.78, 5) is 16.1. The highest BCUT2D eigenvalue weighted by molar-refractivity contribution is 5.93. The van der Waals surface area contributed by atoms with Crippen molar-refractivity contribution in [3.8, 4) is 11.4 Å². The molecule has 0 radical (unpaired) electrons. The summed E-state index contributed by atoms with van der Waals surface area (Å²) in [6.45, 7) is 3.25. The molecule has 8 nitrogen and oxygen atoms in total. The van der Waals surface area contributed by atoms with Crippen LogP contribution in [0.25, 0.3) is 11.4 Å².